The molecule has 0 aromatic carbocycles. The van der Waals surface area contributed by atoms with Crippen LogP contribution in [0.15, 0.2) is 12.4 Å². The summed E-state index contributed by atoms with van der Waals surface area (Å²) < 4.78 is 21.8. The summed E-state index contributed by atoms with van der Waals surface area (Å²) in [5.41, 5.74) is 0.942. The van der Waals surface area contributed by atoms with Crippen molar-refractivity contribution in [3.63, 3.8) is 0 Å². The maximum Gasteiger partial charge on any atom is 0.212 e. The van der Waals surface area contributed by atoms with Gasteiger partial charge in [0, 0.05) is 26.3 Å². The summed E-state index contributed by atoms with van der Waals surface area (Å²) in [6.07, 6.45) is 3.38. The molecular formula is C11H23N3O3S. The van der Waals surface area contributed by atoms with Crippen LogP contribution in [0.25, 0.3) is 0 Å². The molecule has 6 nitrogen and oxygen atoms in total. The fraction of sp³-hybridized carbons (Fsp3) is 0.636. The van der Waals surface area contributed by atoms with Gasteiger partial charge in [-0.25, -0.2) is 23.5 Å². The van der Waals surface area contributed by atoms with Crippen molar-refractivity contribution in [3.05, 3.63) is 23.8 Å². The van der Waals surface area contributed by atoms with Crippen molar-refractivity contribution < 1.29 is 15.0 Å². The molecule has 18 heavy (non-hydrogen) atoms. The van der Waals surface area contributed by atoms with Crippen LogP contribution in [0.5, 0.6) is 0 Å². The van der Waals surface area contributed by atoms with Gasteiger partial charge in [-0.05, 0) is 33.3 Å². The molecule has 0 bridgehead atoms. The molecule has 0 fully saturated rings. The fourth-order valence-electron chi connectivity index (χ4n) is 0.898. The van der Waals surface area contributed by atoms with Crippen LogP contribution in [0.4, 0.5) is 0 Å². The van der Waals surface area contributed by atoms with Crippen molar-refractivity contribution in [2.24, 2.45) is 5.14 Å². The second-order valence-corrected chi connectivity index (χ2v) is 6.36. The Bertz CT molecular complexity index is 446. The van der Waals surface area contributed by atoms with Gasteiger partial charge in [0.15, 0.2) is 0 Å². The van der Waals surface area contributed by atoms with E-state index in [0.29, 0.717) is 5.82 Å². The van der Waals surface area contributed by atoms with Crippen molar-refractivity contribution in [1.29, 1.82) is 0 Å². The van der Waals surface area contributed by atoms with Gasteiger partial charge < -0.3 is 5.11 Å². The van der Waals surface area contributed by atoms with Gasteiger partial charge in [0.25, 0.3) is 0 Å². The first-order chi connectivity index (χ1) is 8.12. The van der Waals surface area contributed by atoms with Gasteiger partial charge >= 0.3 is 0 Å². The highest BCUT2D eigenvalue weighted by molar-refractivity contribution is 7.89. The molecule has 0 aliphatic carbocycles. The molecule has 1 heterocycles. The molecule has 0 saturated heterocycles. The lowest BCUT2D eigenvalue weighted by Gasteiger charge is -2.06. The number of aromatic nitrogens is 2. The molecule has 0 spiro atoms. The minimum absolute atomic E-state index is 0. The number of aliphatic hydroxyl groups excluding tert-OH is 1. The first-order valence-corrected chi connectivity index (χ1v) is 7.21. The molecule has 1 aromatic heterocycles. The predicted octanol–water partition coefficient (Wildman–Crippen LogP) is 0.638. The highest BCUT2D eigenvalue weighted by Gasteiger charge is 2.17. The zero-order chi connectivity index (χ0) is 14.3. The smallest absolute Gasteiger partial charge is 0.212 e. The molecule has 0 aliphatic rings. The summed E-state index contributed by atoms with van der Waals surface area (Å²) in [5, 5.41) is 12.4. The number of nitrogens with two attached hydrogens (primary N) is 1. The SMILES string of the molecule is CC(C)O.Cc1cnc(C[C@H](C)S(N)(=O)=O)nc1.[HH]. The molecular weight excluding hydrogens is 254 g/mol. The molecule has 1 rings (SSSR count). The minimum atomic E-state index is -3.49. The van der Waals surface area contributed by atoms with E-state index in [1.807, 2.05) is 6.92 Å². The van der Waals surface area contributed by atoms with Crippen molar-refractivity contribution in [2.45, 2.75) is 45.5 Å². The van der Waals surface area contributed by atoms with E-state index in [1.54, 1.807) is 33.2 Å². The van der Waals surface area contributed by atoms with E-state index < -0.39 is 15.3 Å². The molecule has 106 valence electrons. The summed E-state index contributed by atoms with van der Waals surface area (Å²) in [5.74, 6) is 0.497. The molecule has 3 N–H and O–H groups in total. The van der Waals surface area contributed by atoms with Crippen molar-refractivity contribution in [1.82, 2.24) is 9.97 Å². The first-order valence-electron chi connectivity index (χ1n) is 5.60. The summed E-state index contributed by atoms with van der Waals surface area (Å²) in [4.78, 5) is 8.00. The molecule has 0 saturated carbocycles. The summed E-state index contributed by atoms with van der Waals surface area (Å²) >= 11 is 0. The van der Waals surface area contributed by atoms with Crippen LogP contribution in [0.2, 0.25) is 0 Å². The first kappa shape index (κ1) is 16.9. The van der Waals surface area contributed by atoms with Crippen molar-refractivity contribution in [2.75, 3.05) is 0 Å². The Morgan fingerprint density at radius 3 is 2.06 bits per heavy atom. The number of aryl methyl sites for hydroxylation is 1. The van der Waals surface area contributed by atoms with E-state index in [0.717, 1.165) is 5.56 Å². The topological polar surface area (TPSA) is 106 Å². The molecule has 1 aromatic rings. The van der Waals surface area contributed by atoms with Crippen LogP contribution in [0.1, 0.15) is 33.6 Å². The second kappa shape index (κ2) is 7.40. The quantitative estimate of drug-likeness (QED) is 0.843. The Kier molecular flexibility index (Phi) is 6.97. The summed E-state index contributed by atoms with van der Waals surface area (Å²) in [7, 11) is -3.49. The Morgan fingerprint density at radius 1 is 1.33 bits per heavy atom. The van der Waals surface area contributed by atoms with Crippen LogP contribution in [-0.4, -0.2) is 34.8 Å². The normalized spacial score (nSPS) is 12.8. The lowest BCUT2D eigenvalue weighted by molar-refractivity contribution is 0.216. The van der Waals surface area contributed by atoms with E-state index in [1.165, 1.54) is 0 Å². The Labute approximate surface area is 110 Å². The third-order valence-electron chi connectivity index (χ3n) is 1.87. The summed E-state index contributed by atoms with van der Waals surface area (Å²) in [6.45, 7) is 6.85. The lowest BCUT2D eigenvalue weighted by Crippen LogP contribution is -2.28. The maximum atomic E-state index is 10.9. The van der Waals surface area contributed by atoms with Crippen molar-refractivity contribution in [3.8, 4) is 0 Å². The average molecular weight is 277 g/mol. The fourth-order valence-corrected chi connectivity index (χ4v) is 1.28. The molecule has 7 heteroatoms. The predicted molar refractivity (Wildman–Crippen MR) is 72.5 cm³/mol. The van der Waals surface area contributed by atoms with Crippen LogP contribution in [-0.2, 0) is 16.4 Å². The highest BCUT2D eigenvalue weighted by Crippen LogP contribution is 2.03. The lowest BCUT2D eigenvalue weighted by atomic mass is 10.3. The van der Waals surface area contributed by atoms with Gasteiger partial charge in [0.2, 0.25) is 10.0 Å². The molecule has 0 unspecified atom stereocenters. The number of nitrogens with zero attached hydrogens (tertiary/aromatic N) is 2. The summed E-state index contributed by atoms with van der Waals surface area (Å²) in [6, 6.07) is 0. The minimum Gasteiger partial charge on any atom is -0.394 e. The van der Waals surface area contributed by atoms with Gasteiger partial charge in [0.05, 0.1) is 5.25 Å². The third-order valence-corrected chi connectivity index (χ3v) is 3.15. The number of sulfonamides is 1. The van der Waals surface area contributed by atoms with E-state index in [-0.39, 0.29) is 14.0 Å². The van der Waals surface area contributed by atoms with E-state index in [2.05, 4.69) is 9.97 Å². The van der Waals surface area contributed by atoms with Crippen LogP contribution in [0, 0.1) is 6.92 Å². The molecule has 0 aliphatic heterocycles. The number of hydrogen-bond acceptors (Lipinski definition) is 5. The number of hydrogen-bond donors (Lipinski definition) is 2. The standard InChI is InChI=1S/C8H13N3O2S.C3H8O.H2/c1-6-4-10-8(11-5-6)3-7(2)14(9,12)13;1-3(2)4;/h4-5,7H,3H2,1-2H3,(H2,9,12,13);3-4H,1-2H3;1H/t7-;;/m0../s1. The van der Waals surface area contributed by atoms with Crippen LogP contribution >= 0.6 is 0 Å². The number of aliphatic hydroxyl groups is 1. The van der Waals surface area contributed by atoms with Crippen LogP contribution < -0.4 is 5.14 Å². The van der Waals surface area contributed by atoms with E-state index >= 15 is 0 Å². The zero-order valence-electron chi connectivity index (χ0n) is 11.2. The third kappa shape index (κ3) is 8.10. The maximum absolute atomic E-state index is 10.9. The molecule has 0 amide bonds. The molecule has 1 atom stereocenters. The Hall–Kier alpha value is -1.05. The van der Waals surface area contributed by atoms with Gasteiger partial charge in [-0.15, -0.1) is 0 Å². The average Bonchev–Trinajstić information content (AvgIpc) is 2.19. The second-order valence-electron chi connectivity index (χ2n) is 4.37. The number of primary sulfonamides is 1. The highest BCUT2D eigenvalue weighted by atomic mass is 32.2. The number of rotatable bonds is 3. The van der Waals surface area contributed by atoms with E-state index in [9.17, 15) is 8.42 Å². The van der Waals surface area contributed by atoms with E-state index in [4.69, 9.17) is 10.2 Å². The molecule has 0 radical (unpaired) electrons. The zero-order valence-corrected chi connectivity index (χ0v) is 12.0. The van der Waals surface area contributed by atoms with Gasteiger partial charge in [-0.3, -0.25) is 0 Å². The van der Waals surface area contributed by atoms with Gasteiger partial charge in [-0.2, -0.15) is 0 Å². The van der Waals surface area contributed by atoms with Gasteiger partial charge in [-0.1, -0.05) is 0 Å². The largest absolute Gasteiger partial charge is 0.394 e. The van der Waals surface area contributed by atoms with Crippen molar-refractivity contribution >= 4 is 10.0 Å². The Morgan fingerprint density at radius 2 is 1.72 bits per heavy atom. The van der Waals surface area contributed by atoms with Gasteiger partial charge in [0.1, 0.15) is 5.82 Å². The monoisotopic (exact) mass is 277 g/mol. The van der Waals surface area contributed by atoms with Crippen LogP contribution in [0.3, 0.4) is 0 Å². The Balaban J connectivity index is 0.